The molecule has 0 aromatic heterocycles. The van der Waals surface area contributed by atoms with Gasteiger partial charge >= 0.3 is 0 Å². The fourth-order valence-corrected chi connectivity index (χ4v) is 3.54. The van der Waals surface area contributed by atoms with Crippen molar-refractivity contribution >= 4 is 17.7 Å². The summed E-state index contributed by atoms with van der Waals surface area (Å²) in [5.41, 5.74) is 3.32. The van der Waals surface area contributed by atoms with E-state index in [9.17, 15) is 4.79 Å². The summed E-state index contributed by atoms with van der Waals surface area (Å²) in [6.07, 6.45) is 7.52. The molecule has 164 valence electrons. The number of methoxy groups -OCH3 is 1. The van der Waals surface area contributed by atoms with Crippen LogP contribution in [0.1, 0.15) is 49.8 Å². The number of nitriles is 1. The number of ether oxygens (including phenoxy) is 1. The predicted molar refractivity (Wildman–Crippen MR) is 127 cm³/mol. The SMILES string of the molecule is CCCN(CCC)CCCc1cc(NC(=O)C=Cc2ccc(C#N)cc2)ccc1OC. The number of nitrogens with zero attached hydrogens (tertiary/aromatic N) is 2. The molecule has 0 heterocycles. The van der Waals surface area contributed by atoms with Crippen LogP contribution >= 0.6 is 0 Å². The molecule has 0 aliphatic rings. The molecule has 1 amide bonds. The van der Waals surface area contributed by atoms with Gasteiger partial charge in [0.1, 0.15) is 5.75 Å². The fourth-order valence-electron chi connectivity index (χ4n) is 3.54. The monoisotopic (exact) mass is 419 g/mol. The molecule has 0 atom stereocenters. The van der Waals surface area contributed by atoms with Crippen molar-refractivity contribution in [2.45, 2.75) is 39.5 Å². The average Bonchev–Trinajstić information content (AvgIpc) is 2.78. The minimum atomic E-state index is -0.197. The molecule has 0 saturated heterocycles. The van der Waals surface area contributed by atoms with Crippen LogP contribution in [0.5, 0.6) is 5.75 Å². The van der Waals surface area contributed by atoms with Gasteiger partial charge in [-0.1, -0.05) is 26.0 Å². The van der Waals surface area contributed by atoms with E-state index < -0.39 is 0 Å². The molecule has 0 saturated carbocycles. The van der Waals surface area contributed by atoms with Crippen molar-refractivity contribution < 1.29 is 9.53 Å². The van der Waals surface area contributed by atoms with Gasteiger partial charge in [-0.05, 0) is 92.9 Å². The zero-order valence-electron chi connectivity index (χ0n) is 18.9. The van der Waals surface area contributed by atoms with E-state index in [-0.39, 0.29) is 5.91 Å². The number of anilines is 1. The number of amides is 1. The van der Waals surface area contributed by atoms with E-state index in [0.717, 1.165) is 55.0 Å². The molecular weight excluding hydrogens is 386 g/mol. The molecule has 2 rings (SSSR count). The maximum absolute atomic E-state index is 12.3. The maximum atomic E-state index is 12.3. The third kappa shape index (κ3) is 8.27. The molecule has 5 nitrogen and oxygen atoms in total. The molecule has 2 aromatic rings. The van der Waals surface area contributed by atoms with Crippen LogP contribution in [-0.4, -0.2) is 37.6 Å². The molecule has 1 N–H and O–H groups in total. The van der Waals surface area contributed by atoms with E-state index in [1.807, 2.05) is 30.3 Å². The van der Waals surface area contributed by atoms with Crippen LogP contribution < -0.4 is 10.1 Å². The Morgan fingerprint density at radius 2 is 1.81 bits per heavy atom. The van der Waals surface area contributed by atoms with E-state index in [4.69, 9.17) is 10.00 Å². The van der Waals surface area contributed by atoms with Crippen LogP contribution in [0.2, 0.25) is 0 Å². The molecule has 0 aliphatic carbocycles. The Balaban J connectivity index is 1.97. The first-order chi connectivity index (χ1) is 15.1. The molecule has 0 fully saturated rings. The minimum absolute atomic E-state index is 0.197. The molecule has 31 heavy (non-hydrogen) atoms. The summed E-state index contributed by atoms with van der Waals surface area (Å²) < 4.78 is 5.52. The summed E-state index contributed by atoms with van der Waals surface area (Å²) in [5, 5.41) is 11.8. The topological polar surface area (TPSA) is 65.4 Å². The van der Waals surface area contributed by atoms with Gasteiger partial charge < -0.3 is 15.0 Å². The Bertz CT molecular complexity index is 892. The number of carbonyl (C=O) groups is 1. The quantitative estimate of drug-likeness (QED) is 0.476. The summed E-state index contributed by atoms with van der Waals surface area (Å²) in [7, 11) is 1.68. The van der Waals surface area contributed by atoms with Crippen molar-refractivity contribution in [3.8, 4) is 11.8 Å². The highest BCUT2D eigenvalue weighted by molar-refractivity contribution is 6.02. The van der Waals surface area contributed by atoms with Gasteiger partial charge in [0.2, 0.25) is 5.91 Å². The Morgan fingerprint density at radius 3 is 2.42 bits per heavy atom. The third-order valence-corrected chi connectivity index (χ3v) is 5.02. The van der Waals surface area contributed by atoms with Crippen LogP contribution in [0.4, 0.5) is 5.69 Å². The Morgan fingerprint density at radius 1 is 1.10 bits per heavy atom. The van der Waals surface area contributed by atoms with Crippen LogP contribution in [0.15, 0.2) is 48.5 Å². The molecule has 0 bridgehead atoms. The first-order valence-electron chi connectivity index (χ1n) is 11.0. The third-order valence-electron chi connectivity index (χ3n) is 5.02. The van der Waals surface area contributed by atoms with E-state index in [1.54, 1.807) is 25.3 Å². The number of hydrogen-bond acceptors (Lipinski definition) is 4. The highest BCUT2D eigenvalue weighted by Gasteiger charge is 2.08. The largest absolute Gasteiger partial charge is 0.496 e. The van der Waals surface area contributed by atoms with Gasteiger partial charge in [-0.3, -0.25) is 4.79 Å². The van der Waals surface area contributed by atoms with Crippen molar-refractivity contribution in [3.05, 3.63) is 65.2 Å². The minimum Gasteiger partial charge on any atom is -0.496 e. The molecule has 0 aliphatic heterocycles. The van der Waals surface area contributed by atoms with Crippen molar-refractivity contribution in [2.75, 3.05) is 32.1 Å². The van der Waals surface area contributed by atoms with Gasteiger partial charge in [0, 0.05) is 11.8 Å². The Hall–Kier alpha value is -3.10. The maximum Gasteiger partial charge on any atom is 0.248 e. The number of hydrogen-bond donors (Lipinski definition) is 1. The number of rotatable bonds is 12. The zero-order chi connectivity index (χ0) is 22.5. The van der Waals surface area contributed by atoms with E-state index in [0.29, 0.717) is 5.56 Å². The average molecular weight is 420 g/mol. The number of aryl methyl sites for hydroxylation is 1. The van der Waals surface area contributed by atoms with Gasteiger partial charge in [-0.2, -0.15) is 5.26 Å². The molecule has 0 radical (unpaired) electrons. The normalized spacial score (nSPS) is 10.9. The van der Waals surface area contributed by atoms with E-state index >= 15 is 0 Å². The van der Waals surface area contributed by atoms with Crippen molar-refractivity contribution in [2.24, 2.45) is 0 Å². The van der Waals surface area contributed by atoms with Crippen LogP contribution in [0.25, 0.3) is 6.08 Å². The molecule has 2 aromatic carbocycles. The van der Waals surface area contributed by atoms with Crippen molar-refractivity contribution in [3.63, 3.8) is 0 Å². The summed E-state index contributed by atoms with van der Waals surface area (Å²) in [5.74, 6) is 0.654. The summed E-state index contributed by atoms with van der Waals surface area (Å²) in [6.45, 7) is 7.76. The highest BCUT2D eigenvalue weighted by atomic mass is 16.5. The van der Waals surface area contributed by atoms with Gasteiger partial charge in [0.05, 0.1) is 18.7 Å². The van der Waals surface area contributed by atoms with E-state index in [1.165, 1.54) is 18.9 Å². The lowest BCUT2D eigenvalue weighted by atomic mass is 10.1. The number of carbonyl (C=O) groups excluding carboxylic acids is 1. The predicted octanol–water partition coefficient (Wildman–Crippen LogP) is 5.27. The summed E-state index contributed by atoms with van der Waals surface area (Å²) >= 11 is 0. The van der Waals surface area contributed by atoms with Crippen molar-refractivity contribution in [1.82, 2.24) is 4.90 Å². The first-order valence-corrected chi connectivity index (χ1v) is 11.0. The number of benzene rings is 2. The molecular formula is C26H33N3O2. The smallest absolute Gasteiger partial charge is 0.248 e. The molecule has 0 spiro atoms. The Labute approximate surface area is 186 Å². The second-order valence-electron chi connectivity index (χ2n) is 7.53. The zero-order valence-corrected chi connectivity index (χ0v) is 18.9. The van der Waals surface area contributed by atoms with Gasteiger partial charge in [-0.15, -0.1) is 0 Å². The summed E-state index contributed by atoms with van der Waals surface area (Å²) in [6, 6.07) is 14.9. The van der Waals surface area contributed by atoms with Gasteiger partial charge in [-0.25, -0.2) is 0 Å². The second kappa shape index (κ2) is 13.3. The standard InChI is InChI=1S/C26H33N3O2/c1-4-16-29(17-5-2)18-6-7-23-19-24(13-14-25(23)31-3)28-26(30)15-12-21-8-10-22(20-27)11-9-21/h8-15,19H,4-7,16-18H2,1-3H3,(H,28,30). The Kier molecular flexibility index (Phi) is 10.3. The van der Waals surface area contributed by atoms with Crippen LogP contribution in [0, 0.1) is 11.3 Å². The molecule has 5 heteroatoms. The highest BCUT2D eigenvalue weighted by Crippen LogP contribution is 2.24. The van der Waals surface area contributed by atoms with Crippen molar-refractivity contribution in [1.29, 1.82) is 5.26 Å². The summed E-state index contributed by atoms with van der Waals surface area (Å²) in [4.78, 5) is 14.8. The second-order valence-corrected chi connectivity index (χ2v) is 7.53. The lowest BCUT2D eigenvalue weighted by molar-refractivity contribution is -0.111. The fraction of sp³-hybridized carbons (Fsp3) is 0.385. The van der Waals surface area contributed by atoms with Gasteiger partial charge in [0.25, 0.3) is 0 Å². The van der Waals surface area contributed by atoms with Crippen LogP contribution in [-0.2, 0) is 11.2 Å². The number of nitrogens with one attached hydrogen (secondary N) is 1. The van der Waals surface area contributed by atoms with E-state index in [2.05, 4.69) is 30.1 Å². The van der Waals surface area contributed by atoms with Gasteiger partial charge in [0.15, 0.2) is 0 Å². The van der Waals surface area contributed by atoms with Crippen LogP contribution in [0.3, 0.4) is 0 Å². The first kappa shape index (κ1) is 24.2. The lowest BCUT2D eigenvalue weighted by Crippen LogP contribution is -2.26. The molecule has 0 unspecified atom stereocenters. The lowest BCUT2D eigenvalue weighted by Gasteiger charge is -2.21.